The number of hydrogen-bond acceptors (Lipinski definition) is 2. The number of rotatable bonds is 3. The Morgan fingerprint density at radius 2 is 1.82 bits per heavy atom. The molecule has 2 aromatic carbocycles. The lowest BCUT2D eigenvalue weighted by Crippen LogP contribution is -1.97. The second-order valence-electron chi connectivity index (χ2n) is 3.64. The van der Waals surface area contributed by atoms with E-state index in [2.05, 4.69) is 15.9 Å². The minimum Gasteiger partial charge on any atom is -0.489 e. The topological polar surface area (TPSA) is 35.2 Å². The molecule has 2 aromatic rings. The van der Waals surface area contributed by atoms with Gasteiger partial charge in [-0.15, -0.1) is 0 Å². The molecule has 0 unspecified atom stereocenters. The van der Waals surface area contributed by atoms with E-state index < -0.39 is 0 Å². The van der Waals surface area contributed by atoms with Gasteiger partial charge in [-0.2, -0.15) is 0 Å². The van der Waals surface area contributed by atoms with Crippen molar-refractivity contribution in [1.82, 2.24) is 0 Å². The third kappa shape index (κ3) is 3.46. The summed E-state index contributed by atoms with van der Waals surface area (Å²) < 4.78 is 19.1. The molecular formula is C13H11BrFNO. The Balaban J connectivity index is 2.04. The number of ether oxygens (including phenoxy) is 1. The Hall–Kier alpha value is -1.55. The average Bonchev–Trinajstić information content (AvgIpc) is 2.27. The quantitative estimate of drug-likeness (QED) is 0.875. The summed E-state index contributed by atoms with van der Waals surface area (Å²) in [5, 5.41) is 0. The van der Waals surface area contributed by atoms with E-state index in [0.717, 1.165) is 10.0 Å². The van der Waals surface area contributed by atoms with Gasteiger partial charge in [-0.05, 0) is 48.0 Å². The molecule has 0 aliphatic carbocycles. The molecular weight excluding hydrogens is 285 g/mol. The van der Waals surface area contributed by atoms with Crippen LogP contribution >= 0.6 is 15.9 Å². The molecule has 0 atom stereocenters. The molecule has 88 valence electrons. The van der Waals surface area contributed by atoms with E-state index in [1.807, 2.05) is 18.2 Å². The number of benzene rings is 2. The first-order chi connectivity index (χ1) is 8.13. The zero-order valence-corrected chi connectivity index (χ0v) is 10.6. The number of nitrogens with two attached hydrogens (primary N) is 1. The molecule has 0 spiro atoms. The van der Waals surface area contributed by atoms with Crippen molar-refractivity contribution < 1.29 is 9.13 Å². The maximum Gasteiger partial charge on any atom is 0.123 e. The van der Waals surface area contributed by atoms with Gasteiger partial charge in [-0.25, -0.2) is 4.39 Å². The summed E-state index contributed by atoms with van der Waals surface area (Å²) in [5.74, 6) is 0.356. The fourth-order valence-electron chi connectivity index (χ4n) is 1.46. The SMILES string of the molecule is Nc1cc(Br)cc(COc2ccc(F)cc2)c1. The summed E-state index contributed by atoms with van der Waals surface area (Å²) in [7, 11) is 0. The van der Waals surface area contributed by atoms with E-state index >= 15 is 0 Å². The molecule has 0 heterocycles. The molecule has 0 aliphatic heterocycles. The van der Waals surface area contributed by atoms with Gasteiger partial charge in [-0.3, -0.25) is 0 Å². The van der Waals surface area contributed by atoms with E-state index in [0.29, 0.717) is 18.0 Å². The van der Waals surface area contributed by atoms with Gasteiger partial charge in [0.25, 0.3) is 0 Å². The highest BCUT2D eigenvalue weighted by Gasteiger charge is 1.99. The Kier molecular flexibility index (Phi) is 3.64. The molecule has 0 radical (unpaired) electrons. The van der Waals surface area contributed by atoms with Gasteiger partial charge in [0, 0.05) is 10.2 Å². The maximum atomic E-state index is 12.7. The number of halogens is 2. The summed E-state index contributed by atoms with van der Waals surface area (Å²) in [5.41, 5.74) is 7.35. The largest absolute Gasteiger partial charge is 0.489 e. The average molecular weight is 296 g/mol. The van der Waals surface area contributed by atoms with Crippen LogP contribution in [0.15, 0.2) is 46.9 Å². The molecule has 2 nitrogen and oxygen atoms in total. The van der Waals surface area contributed by atoms with Crippen molar-refractivity contribution in [1.29, 1.82) is 0 Å². The molecule has 0 fully saturated rings. The van der Waals surface area contributed by atoms with Crippen LogP contribution in [0.5, 0.6) is 5.75 Å². The Bertz CT molecular complexity index is 493. The smallest absolute Gasteiger partial charge is 0.123 e. The van der Waals surface area contributed by atoms with E-state index in [9.17, 15) is 4.39 Å². The van der Waals surface area contributed by atoms with Crippen LogP contribution in [0.1, 0.15) is 5.56 Å². The highest BCUT2D eigenvalue weighted by molar-refractivity contribution is 9.10. The van der Waals surface area contributed by atoms with Gasteiger partial charge < -0.3 is 10.5 Å². The van der Waals surface area contributed by atoms with Gasteiger partial charge in [0.05, 0.1) is 0 Å². The summed E-state index contributed by atoms with van der Waals surface area (Å²) >= 11 is 3.36. The standard InChI is InChI=1S/C13H11BrFNO/c14-10-5-9(6-12(16)7-10)8-17-13-3-1-11(15)2-4-13/h1-7H,8,16H2. The van der Waals surface area contributed by atoms with Gasteiger partial charge in [0.1, 0.15) is 18.2 Å². The normalized spacial score (nSPS) is 10.2. The second kappa shape index (κ2) is 5.19. The van der Waals surface area contributed by atoms with Crippen LogP contribution in [0.25, 0.3) is 0 Å². The summed E-state index contributed by atoms with van der Waals surface area (Å²) in [6.45, 7) is 0.398. The van der Waals surface area contributed by atoms with Crippen molar-refractivity contribution in [2.75, 3.05) is 5.73 Å². The third-order valence-electron chi connectivity index (χ3n) is 2.20. The van der Waals surface area contributed by atoms with Gasteiger partial charge >= 0.3 is 0 Å². The van der Waals surface area contributed by atoms with Crippen molar-refractivity contribution in [2.45, 2.75) is 6.61 Å². The molecule has 0 aliphatic rings. The van der Waals surface area contributed by atoms with Gasteiger partial charge in [0.15, 0.2) is 0 Å². The summed E-state index contributed by atoms with van der Waals surface area (Å²) in [6.07, 6.45) is 0. The van der Waals surface area contributed by atoms with Crippen LogP contribution in [0, 0.1) is 5.82 Å². The van der Waals surface area contributed by atoms with Crippen LogP contribution < -0.4 is 10.5 Å². The van der Waals surface area contributed by atoms with Gasteiger partial charge in [-0.1, -0.05) is 15.9 Å². The predicted octanol–water partition coefficient (Wildman–Crippen LogP) is 3.75. The van der Waals surface area contributed by atoms with Crippen molar-refractivity contribution >= 4 is 21.6 Å². The highest BCUT2D eigenvalue weighted by atomic mass is 79.9. The zero-order chi connectivity index (χ0) is 12.3. The molecule has 2 N–H and O–H groups in total. The first-order valence-corrected chi connectivity index (χ1v) is 5.86. The monoisotopic (exact) mass is 295 g/mol. The maximum absolute atomic E-state index is 12.7. The second-order valence-corrected chi connectivity index (χ2v) is 4.55. The highest BCUT2D eigenvalue weighted by Crippen LogP contribution is 2.19. The lowest BCUT2D eigenvalue weighted by molar-refractivity contribution is 0.305. The fourth-order valence-corrected chi connectivity index (χ4v) is 2.01. The Morgan fingerprint density at radius 3 is 2.47 bits per heavy atom. The molecule has 0 saturated heterocycles. The molecule has 0 bridgehead atoms. The van der Waals surface area contributed by atoms with E-state index in [-0.39, 0.29) is 5.82 Å². The van der Waals surface area contributed by atoms with Crippen LogP contribution in [0.3, 0.4) is 0 Å². The van der Waals surface area contributed by atoms with E-state index in [1.165, 1.54) is 12.1 Å². The Morgan fingerprint density at radius 1 is 1.12 bits per heavy atom. The van der Waals surface area contributed by atoms with Crippen LogP contribution in [0.4, 0.5) is 10.1 Å². The zero-order valence-electron chi connectivity index (χ0n) is 8.99. The predicted molar refractivity (Wildman–Crippen MR) is 69.3 cm³/mol. The number of nitrogen functional groups attached to an aromatic ring is 1. The minimum absolute atomic E-state index is 0.274. The van der Waals surface area contributed by atoms with Crippen LogP contribution in [0.2, 0.25) is 0 Å². The Labute approximate surface area is 107 Å². The van der Waals surface area contributed by atoms with Crippen molar-refractivity contribution in [3.05, 3.63) is 58.3 Å². The summed E-state index contributed by atoms with van der Waals surface area (Å²) in [6, 6.07) is 11.5. The van der Waals surface area contributed by atoms with Crippen LogP contribution in [-0.4, -0.2) is 0 Å². The van der Waals surface area contributed by atoms with Crippen LogP contribution in [-0.2, 0) is 6.61 Å². The minimum atomic E-state index is -0.274. The van der Waals surface area contributed by atoms with Crippen molar-refractivity contribution in [2.24, 2.45) is 0 Å². The number of hydrogen-bond donors (Lipinski definition) is 1. The number of anilines is 1. The van der Waals surface area contributed by atoms with Crippen molar-refractivity contribution in [3.63, 3.8) is 0 Å². The molecule has 0 saturated carbocycles. The first-order valence-electron chi connectivity index (χ1n) is 5.07. The van der Waals surface area contributed by atoms with E-state index in [4.69, 9.17) is 10.5 Å². The molecule has 4 heteroatoms. The molecule has 0 aromatic heterocycles. The molecule has 2 rings (SSSR count). The fraction of sp³-hybridized carbons (Fsp3) is 0.0769. The third-order valence-corrected chi connectivity index (χ3v) is 2.66. The van der Waals surface area contributed by atoms with Gasteiger partial charge in [0.2, 0.25) is 0 Å². The lowest BCUT2D eigenvalue weighted by Gasteiger charge is -2.07. The van der Waals surface area contributed by atoms with E-state index in [1.54, 1.807) is 12.1 Å². The van der Waals surface area contributed by atoms with Crippen molar-refractivity contribution in [3.8, 4) is 5.75 Å². The first kappa shape index (κ1) is 11.9. The lowest BCUT2D eigenvalue weighted by atomic mass is 10.2. The molecule has 17 heavy (non-hydrogen) atoms. The molecule has 0 amide bonds. The summed E-state index contributed by atoms with van der Waals surface area (Å²) in [4.78, 5) is 0.